The molecule has 3 N–H and O–H groups in total. The third-order valence-electron chi connectivity index (χ3n) is 4.30. The number of hydrogen-bond donors (Lipinski definition) is 3. The van der Waals surface area contributed by atoms with Gasteiger partial charge in [0.1, 0.15) is 11.5 Å². The second kappa shape index (κ2) is 9.98. The van der Waals surface area contributed by atoms with E-state index in [9.17, 15) is 17.6 Å². The lowest BCUT2D eigenvalue weighted by molar-refractivity contribution is 0.0949. The van der Waals surface area contributed by atoms with Crippen LogP contribution in [0.2, 0.25) is 0 Å². The highest BCUT2D eigenvalue weighted by molar-refractivity contribution is 7.92. The Morgan fingerprint density at radius 2 is 1.68 bits per heavy atom. The number of nitrogens with zero attached hydrogens (tertiary/aromatic N) is 2. The lowest BCUT2D eigenvalue weighted by Crippen LogP contribution is -2.26. The molecule has 0 aliphatic carbocycles. The Labute approximate surface area is 180 Å². The lowest BCUT2D eigenvalue weighted by Gasteiger charge is -2.09. The van der Waals surface area contributed by atoms with Crippen molar-refractivity contribution in [3.8, 4) is 0 Å². The van der Waals surface area contributed by atoms with Crippen LogP contribution in [0.15, 0.2) is 60.8 Å². The van der Waals surface area contributed by atoms with Crippen molar-refractivity contribution in [2.75, 3.05) is 22.3 Å². The number of sulfonamides is 1. The van der Waals surface area contributed by atoms with Crippen molar-refractivity contribution < 1.29 is 17.6 Å². The minimum Gasteiger partial charge on any atom is -0.350 e. The average Bonchev–Trinajstić information content (AvgIpc) is 2.76. The quantitative estimate of drug-likeness (QED) is 0.468. The Kier molecular flexibility index (Phi) is 7.14. The molecule has 2 aromatic carbocycles. The van der Waals surface area contributed by atoms with Gasteiger partial charge < -0.3 is 10.6 Å². The molecule has 0 fully saturated rings. The van der Waals surface area contributed by atoms with Crippen LogP contribution in [0, 0.1) is 5.82 Å². The Bertz CT molecular complexity index is 1140. The zero-order chi connectivity index (χ0) is 22.3. The second-order valence-electron chi connectivity index (χ2n) is 6.61. The van der Waals surface area contributed by atoms with Crippen molar-refractivity contribution in [1.29, 1.82) is 0 Å². The summed E-state index contributed by atoms with van der Waals surface area (Å²) in [6.07, 6.45) is 2.03. The molecule has 10 heteroatoms. The van der Waals surface area contributed by atoms with Gasteiger partial charge >= 0.3 is 0 Å². The molecule has 0 bridgehead atoms. The van der Waals surface area contributed by atoms with Gasteiger partial charge in [0.2, 0.25) is 16.0 Å². The van der Waals surface area contributed by atoms with Gasteiger partial charge in [-0.05, 0) is 61.4 Å². The molecule has 3 rings (SSSR count). The van der Waals surface area contributed by atoms with Crippen LogP contribution in [0.3, 0.4) is 0 Å². The van der Waals surface area contributed by atoms with E-state index in [1.807, 2.05) is 0 Å². The SMILES string of the molecule is CCS(=O)(=O)Nc1ccc(CCNC(=O)c2ccnc(Nc3ccc(F)cc3)n2)cc1. The van der Waals surface area contributed by atoms with Crippen molar-refractivity contribution in [3.05, 3.63) is 77.9 Å². The number of amides is 1. The van der Waals surface area contributed by atoms with E-state index < -0.39 is 10.0 Å². The molecule has 0 saturated carbocycles. The predicted molar refractivity (Wildman–Crippen MR) is 117 cm³/mol. The van der Waals surface area contributed by atoms with Crippen LogP contribution in [0.4, 0.5) is 21.7 Å². The monoisotopic (exact) mass is 443 g/mol. The van der Waals surface area contributed by atoms with Crippen LogP contribution in [-0.2, 0) is 16.4 Å². The molecule has 0 aliphatic heterocycles. The van der Waals surface area contributed by atoms with Crippen LogP contribution >= 0.6 is 0 Å². The highest BCUT2D eigenvalue weighted by Gasteiger charge is 2.09. The van der Waals surface area contributed by atoms with Gasteiger partial charge in [-0.1, -0.05) is 12.1 Å². The van der Waals surface area contributed by atoms with Gasteiger partial charge in [-0.3, -0.25) is 9.52 Å². The number of rotatable bonds is 9. The smallest absolute Gasteiger partial charge is 0.270 e. The molecular formula is C21H22FN5O3S. The molecule has 3 aromatic rings. The van der Waals surface area contributed by atoms with Crippen LogP contribution in [0.25, 0.3) is 0 Å². The molecule has 162 valence electrons. The third kappa shape index (κ3) is 6.75. The largest absolute Gasteiger partial charge is 0.350 e. The molecule has 0 spiro atoms. The minimum atomic E-state index is -3.31. The number of halogens is 1. The summed E-state index contributed by atoms with van der Waals surface area (Å²) in [6, 6.07) is 14.2. The number of benzene rings is 2. The van der Waals surface area contributed by atoms with Gasteiger partial charge in [-0.15, -0.1) is 0 Å². The average molecular weight is 444 g/mol. The van der Waals surface area contributed by atoms with Gasteiger partial charge in [0.15, 0.2) is 0 Å². The van der Waals surface area contributed by atoms with Crippen molar-refractivity contribution >= 4 is 33.3 Å². The summed E-state index contributed by atoms with van der Waals surface area (Å²) in [5.74, 6) is -0.469. The Balaban J connectivity index is 1.52. The predicted octanol–water partition coefficient (Wildman–Crippen LogP) is 3.09. The molecular weight excluding hydrogens is 421 g/mol. The Morgan fingerprint density at radius 1 is 1.00 bits per heavy atom. The van der Waals surface area contributed by atoms with Crippen molar-refractivity contribution in [2.24, 2.45) is 0 Å². The summed E-state index contributed by atoms with van der Waals surface area (Å²) in [5, 5.41) is 5.71. The Hall–Kier alpha value is -3.53. The van der Waals surface area contributed by atoms with E-state index in [0.29, 0.717) is 24.3 Å². The van der Waals surface area contributed by atoms with E-state index in [0.717, 1.165) is 5.56 Å². The fraction of sp³-hybridized carbons (Fsp3) is 0.190. The first-order valence-corrected chi connectivity index (χ1v) is 11.2. The fourth-order valence-corrected chi connectivity index (χ4v) is 3.25. The summed E-state index contributed by atoms with van der Waals surface area (Å²) in [5.41, 5.74) is 2.24. The van der Waals surface area contributed by atoms with Crippen molar-refractivity contribution in [3.63, 3.8) is 0 Å². The molecule has 31 heavy (non-hydrogen) atoms. The number of nitrogens with one attached hydrogen (secondary N) is 3. The van der Waals surface area contributed by atoms with E-state index in [4.69, 9.17) is 0 Å². The summed E-state index contributed by atoms with van der Waals surface area (Å²) >= 11 is 0. The molecule has 1 heterocycles. The zero-order valence-electron chi connectivity index (χ0n) is 16.8. The van der Waals surface area contributed by atoms with Gasteiger partial charge in [0, 0.05) is 24.1 Å². The van der Waals surface area contributed by atoms with Crippen LogP contribution < -0.4 is 15.4 Å². The summed E-state index contributed by atoms with van der Waals surface area (Å²) < 4.78 is 38.7. The van der Waals surface area contributed by atoms with Crippen LogP contribution in [0.5, 0.6) is 0 Å². The maximum absolute atomic E-state index is 13.0. The van der Waals surface area contributed by atoms with Crippen molar-refractivity contribution in [1.82, 2.24) is 15.3 Å². The maximum Gasteiger partial charge on any atom is 0.270 e. The summed E-state index contributed by atoms with van der Waals surface area (Å²) in [6.45, 7) is 1.95. The zero-order valence-corrected chi connectivity index (χ0v) is 17.6. The van der Waals surface area contributed by atoms with Gasteiger partial charge in [0.05, 0.1) is 5.75 Å². The number of aromatic nitrogens is 2. The Morgan fingerprint density at radius 3 is 2.35 bits per heavy atom. The third-order valence-corrected chi connectivity index (χ3v) is 5.60. The first kappa shape index (κ1) is 22.2. The molecule has 0 radical (unpaired) electrons. The second-order valence-corrected chi connectivity index (χ2v) is 8.62. The summed E-state index contributed by atoms with van der Waals surface area (Å²) in [7, 11) is -3.31. The number of anilines is 3. The lowest BCUT2D eigenvalue weighted by atomic mass is 10.1. The molecule has 0 aliphatic rings. The van der Waals surface area contributed by atoms with Gasteiger partial charge in [-0.25, -0.2) is 22.8 Å². The number of carbonyl (C=O) groups excluding carboxylic acids is 1. The highest BCUT2D eigenvalue weighted by Crippen LogP contribution is 2.14. The molecule has 1 amide bonds. The highest BCUT2D eigenvalue weighted by atomic mass is 32.2. The standard InChI is InChI=1S/C21H22FN5O3S/c1-2-31(29,30)27-18-7-3-15(4-8-18)11-13-23-20(28)19-12-14-24-21(26-19)25-17-9-5-16(22)6-10-17/h3-10,12,14,27H,2,11,13H2,1H3,(H,23,28)(H,24,25,26). The molecule has 8 nitrogen and oxygen atoms in total. The van der Waals surface area contributed by atoms with Crippen molar-refractivity contribution in [2.45, 2.75) is 13.3 Å². The van der Waals surface area contributed by atoms with E-state index >= 15 is 0 Å². The first-order valence-electron chi connectivity index (χ1n) is 9.58. The van der Waals surface area contributed by atoms with E-state index in [-0.39, 0.29) is 29.1 Å². The molecule has 0 unspecified atom stereocenters. The molecule has 0 atom stereocenters. The summed E-state index contributed by atoms with van der Waals surface area (Å²) in [4.78, 5) is 20.6. The van der Waals surface area contributed by atoms with Gasteiger partial charge in [-0.2, -0.15) is 0 Å². The van der Waals surface area contributed by atoms with Crippen LogP contribution in [0.1, 0.15) is 23.0 Å². The molecule has 1 aromatic heterocycles. The number of carbonyl (C=O) groups is 1. The van der Waals surface area contributed by atoms with E-state index in [1.54, 1.807) is 43.3 Å². The topological polar surface area (TPSA) is 113 Å². The fourth-order valence-electron chi connectivity index (χ4n) is 2.61. The van der Waals surface area contributed by atoms with E-state index in [2.05, 4.69) is 25.3 Å². The first-order chi connectivity index (χ1) is 14.8. The maximum atomic E-state index is 13.0. The molecule has 0 saturated heterocycles. The minimum absolute atomic E-state index is 0.00492. The van der Waals surface area contributed by atoms with E-state index in [1.165, 1.54) is 24.4 Å². The van der Waals surface area contributed by atoms with Crippen LogP contribution in [-0.4, -0.2) is 36.6 Å². The number of hydrogen-bond acceptors (Lipinski definition) is 6. The normalized spacial score (nSPS) is 11.0. The van der Waals surface area contributed by atoms with Gasteiger partial charge in [0.25, 0.3) is 5.91 Å².